The molecule has 0 aliphatic heterocycles. The Morgan fingerprint density at radius 3 is 2.23 bits per heavy atom. The van der Waals surface area contributed by atoms with E-state index in [2.05, 4.69) is 73.6 Å². The van der Waals surface area contributed by atoms with Crippen molar-refractivity contribution in [1.29, 1.82) is 0 Å². The van der Waals surface area contributed by atoms with Crippen molar-refractivity contribution in [3.05, 3.63) is 71.0 Å². The van der Waals surface area contributed by atoms with E-state index < -0.39 is 0 Å². The predicted octanol–water partition coefficient (Wildman–Crippen LogP) is -1.82. The minimum atomic E-state index is 0. The number of hydrogen-bond donors (Lipinski definition) is 0. The largest absolute Gasteiger partial charge is 4.00 e. The summed E-state index contributed by atoms with van der Waals surface area (Å²) in [6, 6.07) is 14.5. The number of aryl methyl sites for hydroxylation is 2. The molecule has 4 aromatic rings. The summed E-state index contributed by atoms with van der Waals surface area (Å²) in [5.41, 5.74) is 6.74. The average Bonchev–Trinajstić information content (AvgIpc) is 3.25. The molecular formula is C19H20Cl2N4Zr. The molecule has 0 amide bonds. The number of tetrazole rings is 1. The number of halogens is 2. The van der Waals surface area contributed by atoms with Crippen molar-refractivity contribution in [2.45, 2.75) is 27.7 Å². The molecule has 3 aromatic carbocycles. The van der Waals surface area contributed by atoms with E-state index in [9.17, 15) is 0 Å². The van der Waals surface area contributed by atoms with Crippen molar-refractivity contribution < 1.29 is 51.0 Å². The van der Waals surface area contributed by atoms with Crippen LogP contribution >= 0.6 is 0 Å². The van der Waals surface area contributed by atoms with Crippen LogP contribution in [0.1, 0.15) is 22.3 Å². The van der Waals surface area contributed by atoms with Gasteiger partial charge in [-0.2, -0.15) is 28.3 Å². The first kappa shape index (κ1) is 24.7. The Morgan fingerprint density at radius 2 is 1.77 bits per heavy atom. The van der Waals surface area contributed by atoms with Gasteiger partial charge < -0.3 is 24.8 Å². The summed E-state index contributed by atoms with van der Waals surface area (Å²) in [4.78, 5) is 0. The summed E-state index contributed by atoms with van der Waals surface area (Å²) in [7, 11) is 0. The molecule has 0 radical (unpaired) electrons. The summed E-state index contributed by atoms with van der Waals surface area (Å²) in [6.45, 7) is 8.68. The van der Waals surface area contributed by atoms with Gasteiger partial charge in [0.05, 0.1) is 0 Å². The Kier molecular flexibility index (Phi) is 10.2. The Bertz CT molecular complexity index is 871. The van der Waals surface area contributed by atoms with Crippen LogP contribution in [-0.2, 0) is 26.2 Å². The van der Waals surface area contributed by atoms with Crippen molar-refractivity contribution in [3.8, 4) is 5.69 Å². The van der Waals surface area contributed by atoms with Crippen molar-refractivity contribution in [1.82, 2.24) is 20.2 Å². The van der Waals surface area contributed by atoms with E-state index in [0.717, 1.165) is 5.69 Å². The van der Waals surface area contributed by atoms with Crippen molar-refractivity contribution in [3.63, 3.8) is 0 Å². The Balaban J connectivity index is 0.000000466. The zero-order valence-corrected chi connectivity index (χ0v) is 19.1. The molecule has 0 spiro atoms. The molecule has 0 saturated carbocycles. The molecule has 1 heterocycles. The van der Waals surface area contributed by atoms with Gasteiger partial charge in [0.25, 0.3) is 0 Å². The molecule has 0 saturated heterocycles. The maximum atomic E-state index is 3.84. The van der Waals surface area contributed by atoms with Crippen LogP contribution in [0.4, 0.5) is 0 Å². The minimum absolute atomic E-state index is 0. The third-order valence-corrected chi connectivity index (χ3v) is 4.39. The van der Waals surface area contributed by atoms with Crippen LogP contribution in [0.3, 0.4) is 0 Å². The van der Waals surface area contributed by atoms with Gasteiger partial charge >= 0.3 is 26.2 Å². The first-order chi connectivity index (χ1) is 11.1. The molecule has 134 valence electrons. The first-order valence-electron chi connectivity index (χ1n) is 7.65. The molecule has 7 heteroatoms. The second-order valence-electron chi connectivity index (χ2n) is 5.86. The van der Waals surface area contributed by atoms with Gasteiger partial charge in [-0.1, -0.05) is 33.8 Å². The van der Waals surface area contributed by atoms with Crippen molar-refractivity contribution in [2.24, 2.45) is 0 Å². The van der Waals surface area contributed by atoms with Crippen LogP contribution in [0.2, 0.25) is 0 Å². The summed E-state index contributed by atoms with van der Waals surface area (Å²) in [5, 5.41) is 13.5. The molecule has 1 aromatic heterocycles. The van der Waals surface area contributed by atoms with Gasteiger partial charge in [-0.3, -0.25) is 0 Å². The van der Waals surface area contributed by atoms with Crippen LogP contribution in [0.15, 0.2) is 48.8 Å². The van der Waals surface area contributed by atoms with Gasteiger partial charge in [-0.25, -0.2) is 4.68 Å². The molecule has 0 bridgehead atoms. The van der Waals surface area contributed by atoms with E-state index in [0.29, 0.717) is 0 Å². The zero-order chi connectivity index (χ0) is 16.4. The number of benzene rings is 1. The summed E-state index contributed by atoms with van der Waals surface area (Å²) in [6.07, 6.45) is 1.59. The average molecular weight is 467 g/mol. The molecule has 0 unspecified atom stereocenters. The second kappa shape index (κ2) is 10.8. The summed E-state index contributed by atoms with van der Waals surface area (Å²) in [5.74, 6) is 0. The smallest absolute Gasteiger partial charge is 1.00 e. The van der Waals surface area contributed by atoms with E-state index >= 15 is 0 Å². The first-order valence-corrected chi connectivity index (χ1v) is 7.65. The van der Waals surface area contributed by atoms with Crippen molar-refractivity contribution in [2.75, 3.05) is 0 Å². The third-order valence-electron chi connectivity index (χ3n) is 4.39. The zero-order valence-electron chi connectivity index (χ0n) is 15.2. The number of aromatic nitrogens is 4. The SMILES string of the molecule is Cc1c[c-](C)c(C)c1C.[Cl-].[Cl-].[Zr+4].c1ccc2[cH-]c(-n3cnnn3)cc2c1. The van der Waals surface area contributed by atoms with E-state index in [1.807, 2.05) is 12.1 Å². The Labute approximate surface area is 185 Å². The number of fused-ring (bicyclic) bond motifs is 1. The van der Waals surface area contributed by atoms with E-state index in [-0.39, 0.29) is 51.0 Å². The van der Waals surface area contributed by atoms with Crippen LogP contribution < -0.4 is 24.8 Å². The molecule has 0 aliphatic rings. The molecule has 26 heavy (non-hydrogen) atoms. The monoisotopic (exact) mass is 464 g/mol. The molecular weight excluding hydrogens is 446 g/mol. The van der Waals surface area contributed by atoms with Gasteiger partial charge in [-0.05, 0) is 16.1 Å². The van der Waals surface area contributed by atoms with Gasteiger partial charge in [0.15, 0.2) is 0 Å². The van der Waals surface area contributed by atoms with Crippen molar-refractivity contribution >= 4 is 10.8 Å². The Morgan fingerprint density at radius 1 is 1.08 bits per heavy atom. The molecule has 4 rings (SSSR count). The van der Waals surface area contributed by atoms with Crippen LogP contribution in [-0.4, -0.2) is 20.2 Å². The van der Waals surface area contributed by atoms with Crippen LogP contribution in [0.25, 0.3) is 16.5 Å². The standard InChI is InChI=1S/C10H7N4.C9H13.2ClH.Zr/c1-2-4-9-6-10(5-8(9)3-1)14-7-11-12-13-14;1-6-5-7(2)9(4)8(6)3;;;/h1-7H;5H,1-4H3;2*1H;/q2*-1;;;+4/p-2. The normalized spacial score (nSPS) is 9.38. The number of hydrogen-bond acceptors (Lipinski definition) is 3. The fourth-order valence-corrected chi connectivity index (χ4v) is 2.68. The van der Waals surface area contributed by atoms with Gasteiger partial charge in [-0.15, -0.1) is 46.2 Å². The fraction of sp³-hybridized carbons (Fsp3) is 0.211. The number of nitrogens with zero attached hydrogens (tertiary/aromatic N) is 4. The van der Waals surface area contributed by atoms with E-state index in [1.54, 1.807) is 11.0 Å². The summed E-state index contributed by atoms with van der Waals surface area (Å²) >= 11 is 0. The number of rotatable bonds is 1. The topological polar surface area (TPSA) is 43.6 Å². The van der Waals surface area contributed by atoms with Gasteiger partial charge in [0, 0.05) is 0 Å². The molecule has 0 atom stereocenters. The maximum absolute atomic E-state index is 3.84. The molecule has 0 N–H and O–H groups in total. The minimum Gasteiger partial charge on any atom is -1.00 e. The maximum Gasteiger partial charge on any atom is 4.00 e. The quantitative estimate of drug-likeness (QED) is 0.311. The summed E-state index contributed by atoms with van der Waals surface area (Å²) < 4.78 is 1.65. The van der Waals surface area contributed by atoms with Gasteiger partial charge in [0.2, 0.25) is 0 Å². The van der Waals surface area contributed by atoms with Crippen LogP contribution in [0.5, 0.6) is 0 Å². The Hall–Kier alpha value is -1.29. The molecule has 0 aliphatic carbocycles. The van der Waals surface area contributed by atoms with E-state index in [4.69, 9.17) is 0 Å². The second-order valence-corrected chi connectivity index (χ2v) is 5.86. The fourth-order valence-electron chi connectivity index (χ4n) is 2.68. The van der Waals surface area contributed by atoms with E-state index in [1.165, 1.54) is 33.0 Å². The van der Waals surface area contributed by atoms with Crippen LogP contribution in [0, 0.1) is 27.7 Å². The third kappa shape index (κ3) is 5.36. The predicted molar refractivity (Wildman–Crippen MR) is 93.2 cm³/mol. The molecule has 4 nitrogen and oxygen atoms in total. The van der Waals surface area contributed by atoms with Gasteiger partial charge in [0.1, 0.15) is 6.33 Å². The molecule has 0 fully saturated rings.